The monoisotopic (exact) mass is 204 g/mol. The van der Waals surface area contributed by atoms with Gasteiger partial charge in [-0.15, -0.1) is 0 Å². The number of phenols is 2. The molecule has 1 aromatic rings. The highest BCUT2D eigenvalue weighted by Crippen LogP contribution is 2.30. The van der Waals surface area contributed by atoms with Gasteiger partial charge in [-0.05, 0) is 18.6 Å². The van der Waals surface area contributed by atoms with E-state index in [4.69, 9.17) is 14.8 Å². The van der Waals surface area contributed by atoms with Crippen LogP contribution in [0.2, 0.25) is 0 Å². The van der Waals surface area contributed by atoms with Gasteiger partial charge in [0.1, 0.15) is 16.4 Å². The number of aryl methyl sites for hydroxylation is 1. The van der Waals surface area contributed by atoms with Gasteiger partial charge < -0.3 is 10.2 Å². The van der Waals surface area contributed by atoms with E-state index in [1.807, 2.05) is 0 Å². The summed E-state index contributed by atoms with van der Waals surface area (Å²) in [7, 11) is -4.44. The summed E-state index contributed by atoms with van der Waals surface area (Å²) < 4.78 is 30.1. The minimum atomic E-state index is -4.44. The number of hydrogen-bond acceptors (Lipinski definition) is 4. The largest absolute Gasteiger partial charge is 0.508 e. The van der Waals surface area contributed by atoms with Crippen LogP contribution in [0.1, 0.15) is 5.56 Å². The molecule has 1 rings (SSSR count). The molecule has 0 unspecified atom stereocenters. The lowest BCUT2D eigenvalue weighted by Crippen LogP contribution is -2.01. The van der Waals surface area contributed by atoms with Gasteiger partial charge in [-0.3, -0.25) is 4.55 Å². The summed E-state index contributed by atoms with van der Waals surface area (Å²) in [6.07, 6.45) is 0. The van der Waals surface area contributed by atoms with E-state index < -0.39 is 20.8 Å². The van der Waals surface area contributed by atoms with E-state index in [9.17, 15) is 8.42 Å². The Morgan fingerprint density at radius 3 is 2.15 bits per heavy atom. The van der Waals surface area contributed by atoms with Crippen molar-refractivity contribution in [3.8, 4) is 11.5 Å². The third kappa shape index (κ3) is 1.90. The van der Waals surface area contributed by atoms with Crippen LogP contribution < -0.4 is 0 Å². The molecule has 0 amide bonds. The van der Waals surface area contributed by atoms with Gasteiger partial charge in [0.25, 0.3) is 10.1 Å². The fourth-order valence-corrected chi connectivity index (χ4v) is 1.86. The summed E-state index contributed by atoms with van der Waals surface area (Å²) >= 11 is 0. The molecule has 0 aliphatic rings. The molecule has 0 aromatic heterocycles. The number of hydrogen-bond donors (Lipinski definition) is 3. The highest BCUT2D eigenvalue weighted by Gasteiger charge is 2.18. The quantitative estimate of drug-likeness (QED) is 0.584. The lowest BCUT2D eigenvalue weighted by Gasteiger charge is -2.05. The molecule has 1 aromatic carbocycles. The van der Waals surface area contributed by atoms with Gasteiger partial charge in [0, 0.05) is 6.07 Å². The third-order valence-corrected chi connectivity index (χ3v) is 2.54. The first-order chi connectivity index (χ1) is 5.82. The second kappa shape index (κ2) is 2.90. The Morgan fingerprint density at radius 1 is 1.23 bits per heavy atom. The summed E-state index contributed by atoms with van der Waals surface area (Å²) in [5, 5.41) is 18.1. The van der Waals surface area contributed by atoms with Gasteiger partial charge in [0.15, 0.2) is 0 Å². The number of phenolic OH excluding ortho intramolecular Hbond substituents is 2. The summed E-state index contributed by atoms with van der Waals surface area (Å²) in [4.78, 5) is -0.578. The normalized spacial score (nSPS) is 11.5. The molecule has 6 heteroatoms. The summed E-state index contributed by atoms with van der Waals surface area (Å²) in [5.74, 6) is -0.928. The molecule has 0 aliphatic heterocycles. The summed E-state index contributed by atoms with van der Waals surface area (Å²) in [6.45, 7) is 1.35. The number of aromatic hydroxyl groups is 2. The molecule has 72 valence electrons. The summed E-state index contributed by atoms with van der Waals surface area (Å²) in [6, 6.07) is 1.97. The second-order valence-corrected chi connectivity index (χ2v) is 3.94. The van der Waals surface area contributed by atoms with Crippen LogP contribution in [0.15, 0.2) is 17.0 Å². The Kier molecular flexibility index (Phi) is 2.19. The molecule has 0 atom stereocenters. The van der Waals surface area contributed by atoms with Gasteiger partial charge in [-0.1, -0.05) is 0 Å². The Balaban J connectivity index is 3.57. The van der Waals surface area contributed by atoms with E-state index in [2.05, 4.69) is 0 Å². The van der Waals surface area contributed by atoms with E-state index in [1.54, 1.807) is 0 Å². The van der Waals surface area contributed by atoms with Gasteiger partial charge in [0.2, 0.25) is 0 Å². The van der Waals surface area contributed by atoms with Crippen LogP contribution in [0.25, 0.3) is 0 Å². The van der Waals surface area contributed by atoms with E-state index in [1.165, 1.54) is 6.92 Å². The Labute approximate surface area is 75.0 Å². The number of benzene rings is 1. The van der Waals surface area contributed by atoms with Crippen molar-refractivity contribution in [2.24, 2.45) is 0 Å². The predicted molar refractivity (Wildman–Crippen MR) is 44.3 cm³/mol. The van der Waals surface area contributed by atoms with Crippen LogP contribution in [0, 0.1) is 6.92 Å². The van der Waals surface area contributed by atoms with Crippen molar-refractivity contribution in [3.63, 3.8) is 0 Å². The topological polar surface area (TPSA) is 94.8 Å². The van der Waals surface area contributed by atoms with Crippen LogP contribution in [0.5, 0.6) is 11.5 Å². The van der Waals surface area contributed by atoms with Gasteiger partial charge >= 0.3 is 0 Å². The Bertz CT molecular complexity index is 411. The van der Waals surface area contributed by atoms with E-state index in [-0.39, 0.29) is 11.3 Å². The molecule has 13 heavy (non-hydrogen) atoms. The Hall–Kier alpha value is -1.27. The molecule has 5 nitrogen and oxygen atoms in total. The van der Waals surface area contributed by atoms with Crippen molar-refractivity contribution in [2.75, 3.05) is 0 Å². The lowest BCUT2D eigenvalue weighted by molar-refractivity contribution is 0.429. The zero-order chi connectivity index (χ0) is 10.2. The van der Waals surface area contributed by atoms with Crippen molar-refractivity contribution in [1.82, 2.24) is 0 Å². The van der Waals surface area contributed by atoms with Crippen LogP contribution >= 0.6 is 0 Å². The van der Waals surface area contributed by atoms with Crippen molar-refractivity contribution in [3.05, 3.63) is 17.7 Å². The van der Waals surface area contributed by atoms with Gasteiger partial charge in [-0.2, -0.15) is 8.42 Å². The van der Waals surface area contributed by atoms with Crippen LogP contribution in [-0.4, -0.2) is 23.2 Å². The van der Waals surface area contributed by atoms with E-state index in [0.29, 0.717) is 0 Å². The molecule has 0 heterocycles. The number of rotatable bonds is 1. The van der Waals surface area contributed by atoms with Gasteiger partial charge in [-0.25, -0.2) is 0 Å². The molecule has 0 aliphatic carbocycles. The first-order valence-corrected chi connectivity index (χ1v) is 4.76. The maximum absolute atomic E-state index is 10.7. The molecule has 0 saturated heterocycles. The average molecular weight is 204 g/mol. The SMILES string of the molecule is Cc1cc(O)cc(O)c1S(=O)(=O)O. The standard InChI is InChI=1S/C7H8O5S/c1-4-2-5(8)3-6(9)7(4)13(10,11)12/h2-3,8-9H,1H3,(H,10,11,12). The molecule has 0 spiro atoms. The van der Waals surface area contributed by atoms with Crippen molar-refractivity contribution < 1.29 is 23.2 Å². The first kappa shape index (κ1) is 9.82. The molecular formula is C7H8O5S. The maximum Gasteiger partial charge on any atom is 0.298 e. The van der Waals surface area contributed by atoms with E-state index >= 15 is 0 Å². The van der Waals surface area contributed by atoms with Crippen LogP contribution in [-0.2, 0) is 10.1 Å². The molecule has 0 saturated carbocycles. The first-order valence-electron chi connectivity index (χ1n) is 3.32. The molecule has 0 fully saturated rings. The van der Waals surface area contributed by atoms with Crippen LogP contribution in [0.4, 0.5) is 0 Å². The van der Waals surface area contributed by atoms with Crippen molar-refractivity contribution >= 4 is 10.1 Å². The lowest BCUT2D eigenvalue weighted by atomic mass is 10.2. The third-order valence-electron chi connectivity index (χ3n) is 1.50. The highest BCUT2D eigenvalue weighted by atomic mass is 32.2. The minimum Gasteiger partial charge on any atom is -0.508 e. The fraction of sp³-hybridized carbons (Fsp3) is 0.143. The molecule has 0 radical (unpaired) electrons. The predicted octanol–water partition coefficient (Wildman–Crippen LogP) is 0.653. The fourth-order valence-electron chi connectivity index (χ4n) is 1.07. The smallest absolute Gasteiger partial charge is 0.298 e. The van der Waals surface area contributed by atoms with Crippen molar-refractivity contribution in [1.29, 1.82) is 0 Å². The van der Waals surface area contributed by atoms with Crippen LogP contribution in [0.3, 0.4) is 0 Å². The van der Waals surface area contributed by atoms with E-state index in [0.717, 1.165) is 12.1 Å². The zero-order valence-electron chi connectivity index (χ0n) is 6.72. The average Bonchev–Trinajstić information content (AvgIpc) is 1.78. The maximum atomic E-state index is 10.7. The Morgan fingerprint density at radius 2 is 1.77 bits per heavy atom. The zero-order valence-corrected chi connectivity index (χ0v) is 7.54. The second-order valence-electron chi connectivity index (χ2n) is 2.59. The minimum absolute atomic E-state index is 0.0833. The highest BCUT2D eigenvalue weighted by molar-refractivity contribution is 7.86. The molecular weight excluding hydrogens is 196 g/mol. The summed E-state index contributed by atoms with van der Waals surface area (Å²) in [5.41, 5.74) is 0.0833. The van der Waals surface area contributed by atoms with Gasteiger partial charge in [0.05, 0.1) is 0 Å². The molecule has 0 bridgehead atoms. The van der Waals surface area contributed by atoms with Crippen molar-refractivity contribution in [2.45, 2.75) is 11.8 Å². The molecule has 3 N–H and O–H groups in total.